The summed E-state index contributed by atoms with van der Waals surface area (Å²) in [6.07, 6.45) is 0. The van der Waals surface area contributed by atoms with Crippen molar-refractivity contribution in [3.63, 3.8) is 0 Å². The van der Waals surface area contributed by atoms with Crippen molar-refractivity contribution in [1.29, 1.82) is 0 Å². The second-order valence-corrected chi connectivity index (χ2v) is 7.95. The Kier molecular flexibility index (Phi) is 3.95. The molecule has 5 rings (SSSR count). The van der Waals surface area contributed by atoms with Crippen LogP contribution < -0.4 is 5.73 Å². The zero-order chi connectivity index (χ0) is 19.3. The summed E-state index contributed by atoms with van der Waals surface area (Å²) in [7, 11) is 0. The van der Waals surface area contributed by atoms with Crippen molar-refractivity contribution in [1.82, 2.24) is 24.8 Å². The van der Waals surface area contributed by atoms with Gasteiger partial charge >= 0.3 is 0 Å². The van der Waals surface area contributed by atoms with E-state index in [9.17, 15) is 8.78 Å². The summed E-state index contributed by atoms with van der Waals surface area (Å²) in [6, 6.07) is 12.6. The molecule has 0 fully saturated rings. The van der Waals surface area contributed by atoms with E-state index >= 15 is 0 Å². The third-order valence-corrected chi connectivity index (χ3v) is 5.85. The van der Waals surface area contributed by atoms with Crippen molar-refractivity contribution in [3.05, 3.63) is 60.2 Å². The highest BCUT2D eigenvalue weighted by atomic mass is 32.2. The number of aromatic nitrogens is 5. The van der Waals surface area contributed by atoms with Crippen molar-refractivity contribution >= 4 is 44.1 Å². The van der Waals surface area contributed by atoms with E-state index in [-0.39, 0.29) is 5.82 Å². The van der Waals surface area contributed by atoms with Crippen LogP contribution in [0.5, 0.6) is 0 Å². The summed E-state index contributed by atoms with van der Waals surface area (Å²) in [5.74, 6) is -0.741. The van der Waals surface area contributed by atoms with Crippen LogP contribution in [-0.2, 0) is 0 Å². The molecule has 0 bridgehead atoms. The van der Waals surface area contributed by atoms with Gasteiger partial charge in [-0.3, -0.25) is 0 Å². The van der Waals surface area contributed by atoms with E-state index in [2.05, 4.69) is 20.3 Å². The largest absolute Gasteiger partial charge is 0.375 e. The van der Waals surface area contributed by atoms with Crippen molar-refractivity contribution in [3.8, 4) is 11.3 Å². The van der Waals surface area contributed by atoms with E-state index in [4.69, 9.17) is 5.73 Å². The first-order valence-corrected chi connectivity index (χ1v) is 9.72. The molecule has 0 saturated heterocycles. The Bertz CT molecular complexity index is 1330. The number of halogens is 2. The first-order chi connectivity index (χ1) is 13.6. The van der Waals surface area contributed by atoms with Crippen LogP contribution in [0, 0.1) is 11.6 Å². The summed E-state index contributed by atoms with van der Waals surface area (Å²) in [5, 5.41) is 13.5. The number of nitrogen functional groups attached to an aromatic ring is 1. The number of anilines is 1. The van der Waals surface area contributed by atoms with Gasteiger partial charge in [0.25, 0.3) is 0 Å². The van der Waals surface area contributed by atoms with Crippen LogP contribution in [0.4, 0.5) is 13.9 Å². The minimum Gasteiger partial charge on any atom is -0.375 e. The molecular weight excluding hydrogens is 402 g/mol. The molecule has 6 nitrogen and oxygen atoms in total. The van der Waals surface area contributed by atoms with E-state index in [1.165, 1.54) is 34.1 Å². The van der Waals surface area contributed by atoms with Crippen LogP contribution in [0.3, 0.4) is 0 Å². The molecule has 2 aromatic carbocycles. The summed E-state index contributed by atoms with van der Waals surface area (Å²) in [5.41, 5.74) is 8.12. The molecule has 0 atom stereocenters. The zero-order valence-corrected chi connectivity index (χ0v) is 15.6. The molecule has 0 amide bonds. The second-order valence-electron chi connectivity index (χ2n) is 5.88. The smallest absolute Gasteiger partial charge is 0.217 e. The molecule has 0 saturated carbocycles. The number of benzene rings is 2. The van der Waals surface area contributed by atoms with E-state index in [0.717, 1.165) is 22.0 Å². The summed E-state index contributed by atoms with van der Waals surface area (Å²) in [6.45, 7) is 0. The Hall–Kier alpha value is -3.11. The van der Waals surface area contributed by atoms with Crippen LogP contribution >= 0.6 is 23.1 Å². The lowest BCUT2D eigenvalue weighted by Crippen LogP contribution is -1.96. The Labute approximate surface area is 165 Å². The van der Waals surface area contributed by atoms with E-state index in [1.807, 2.05) is 0 Å². The fourth-order valence-corrected chi connectivity index (χ4v) is 4.39. The van der Waals surface area contributed by atoms with Crippen molar-refractivity contribution < 1.29 is 8.78 Å². The van der Waals surface area contributed by atoms with Gasteiger partial charge in [-0.2, -0.15) is 9.61 Å². The minimum absolute atomic E-state index is 0.319. The quantitative estimate of drug-likeness (QED) is 0.473. The highest BCUT2D eigenvalue weighted by Crippen LogP contribution is 2.34. The second kappa shape index (κ2) is 6.50. The van der Waals surface area contributed by atoms with Gasteiger partial charge in [0, 0.05) is 11.6 Å². The maximum atomic E-state index is 14.5. The summed E-state index contributed by atoms with van der Waals surface area (Å²) in [4.78, 5) is 4.46. The van der Waals surface area contributed by atoms with E-state index < -0.39 is 5.82 Å². The average Bonchev–Trinajstić information content (AvgIpc) is 3.24. The van der Waals surface area contributed by atoms with Gasteiger partial charge in [0.15, 0.2) is 10.8 Å². The molecule has 0 aliphatic carbocycles. The van der Waals surface area contributed by atoms with E-state index in [1.54, 1.807) is 30.3 Å². The number of nitrogens with zero attached hydrogens (tertiary/aromatic N) is 5. The van der Waals surface area contributed by atoms with Gasteiger partial charge in [0.1, 0.15) is 11.6 Å². The highest BCUT2D eigenvalue weighted by molar-refractivity contribution is 7.99. The Morgan fingerprint density at radius 3 is 2.64 bits per heavy atom. The monoisotopic (exact) mass is 412 g/mol. The standard InChI is InChI=1S/C18H10F2N6S2/c19-10-3-1-9(2-4-10)12-5-6-16-23-24-18(26(16)25-12)28-14-8-15-13(7-11(14)20)22-17(21)27-15/h1-8H,(H2,21,22). The van der Waals surface area contributed by atoms with Gasteiger partial charge in [-0.05, 0) is 54.2 Å². The lowest BCUT2D eigenvalue weighted by atomic mass is 10.1. The molecule has 3 heterocycles. The van der Waals surface area contributed by atoms with Crippen LogP contribution in [-0.4, -0.2) is 24.8 Å². The third-order valence-electron chi connectivity index (χ3n) is 4.03. The van der Waals surface area contributed by atoms with Crippen molar-refractivity contribution in [2.75, 3.05) is 5.73 Å². The lowest BCUT2D eigenvalue weighted by molar-refractivity contribution is 0.603. The molecular formula is C18H10F2N6S2. The highest BCUT2D eigenvalue weighted by Gasteiger charge is 2.15. The van der Waals surface area contributed by atoms with Gasteiger partial charge in [-0.15, -0.1) is 10.2 Å². The summed E-state index contributed by atoms with van der Waals surface area (Å²) < 4.78 is 30.0. The number of thiazole rings is 1. The maximum Gasteiger partial charge on any atom is 0.217 e. The fraction of sp³-hybridized carbons (Fsp3) is 0. The summed E-state index contributed by atoms with van der Waals surface area (Å²) >= 11 is 2.40. The van der Waals surface area contributed by atoms with E-state index in [0.29, 0.717) is 32.0 Å². The van der Waals surface area contributed by atoms with Gasteiger partial charge in [-0.1, -0.05) is 11.3 Å². The van der Waals surface area contributed by atoms with Crippen LogP contribution in [0.1, 0.15) is 0 Å². The molecule has 0 aliphatic heterocycles. The molecule has 5 aromatic rings. The maximum absolute atomic E-state index is 14.5. The molecule has 0 radical (unpaired) electrons. The molecule has 10 heteroatoms. The lowest BCUT2D eigenvalue weighted by Gasteiger charge is -2.04. The number of hydrogen-bond acceptors (Lipinski definition) is 7. The van der Waals surface area contributed by atoms with Crippen LogP contribution in [0.15, 0.2) is 58.6 Å². The first kappa shape index (κ1) is 17.0. The molecule has 0 unspecified atom stereocenters. The molecule has 3 aromatic heterocycles. The van der Waals surface area contributed by atoms with Gasteiger partial charge in [-0.25, -0.2) is 13.8 Å². The fourth-order valence-electron chi connectivity index (χ4n) is 2.73. The topological polar surface area (TPSA) is 82.0 Å². The van der Waals surface area contributed by atoms with Gasteiger partial charge in [0.05, 0.1) is 20.8 Å². The van der Waals surface area contributed by atoms with Crippen molar-refractivity contribution in [2.24, 2.45) is 0 Å². The number of nitrogens with two attached hydrogens (primary N) is 1. The minimum atomic E-state index is -0.422. The Morgan fingerprint density at radius 2 is 1.82 bits per heavy atom. The van der Waals surface area contributed by atoms with Gasteiger partial charge < -0.3 is 5.73 Å². The Morgan fingerprint density at radius 1 is 1.00 bits per heavy atom. The van der Waals surface area contributed by atoms with Gasteiger partial charge in [0.2, 0.25) is 5.16 Å². The molecule has 0 aliphatic rings. The van der Waals surface area contributed by atoms with Crippen molar-refractivity contribution in [2.45, 2.75) is 10.1 Å². The average molecular weight is 412 g/mol. The number of rotatable bonds is 3. The molecule has 28 heavy (non-hydrogen) atoms. The zero-order valence-electron chi connectivity index (χ0n) is 14.0. The normalized spacial score (nSPS) is 11.5. The van der Waals surface area contributed by atoms with Crippen LogP contribution in [0.2, 0.25) is 0 Å². The Balaban J connectivity index is 1.56. The number of hydrogen-bond donors (Lipinski definition) is 1. The number of fused-ring (bicyclic) bond motifs is 2. The predicted octanol–water partition coefficient (Wildman–Crippen LogP) is 4.41. The molecule has 0 spiro atoms. The molecule has 138 valence electrons. The molecule has 2 N–H and O–H groups in total. The SMILES string of the molecule is Nc1nc2cc(F)c(Sc3nnc4ccc(-c5ccc(F)cc5)nn34)cc2s1. The third kappa shape index (κ3) is 2.96. The van der Waals surface area contributed by atoms with Crippen LogP contribution in [0.25, 0.3) is 27.1 Å². The predicted molar refractivity (Wildman–Crippen MR) is 104 cm³/mol. The first-order valence-electron chi connectivity index (χ1n) is 8.09.